The standard InChI is InChI=1S/C19H17N3O2/c1-2-14-7-6-8-15(13-14)20-19(24)17-11-12-18(23)22(21-17)16-9-4-3-5-10-16/h3-13H,2H2,1H3,(H,20,24). The van der Waals surface area contributed by atoms with E-state index >= 15 is 0 Å². The summed E-state index contributed by atoms with van der Waals surface area (Å²) in [7, 11) is 0. The third-order valence-electron chi connectivity index (χ3n) is 3.63. The number of aryl methyl sites for hydroxylation is 1. The normalized spacial score (nSPS) is 10.4. The molecular formula is C19H17N3O2. The first-order chi connectivity index (χ1) is 11.7. The van der Waals surface area contributed by atoms with Crippen LogP contribution in [-0.2, 0) is 6.42 Å². The number of rotatable bonds is 4. The van der Waals surface area contributed by atoms with Crippen LogP contribution in [0.4, 0.5) is 5.69 Å². The smallest absolute Gasteiger partial charge is 0.276 e. The second-order valence-corrected chi connectivity index (χ2v) is 5.31. The van der Waals surface area contributed by atoms with Gasteiger partial charge in [0.1, 0.15) is 5.69 Å². The Bertz CT molecular complexity index is 917. The van der Waals surface area contributed by atoms with Gasteiger partial charge in [0.15, 0.2) is 0 Å². The molecule has 0 aliphatic heterocycles. The van der Waals surface area contributed by atoms with E-state index in [0.717, 1.165) is 12.0 Å². The Labute approximate surface area is 139 Å². The SMILES string of the molecule is CCc1cccc(NC(=O)c2ccc(=O)n(-c3ccccc3)n2)c1. The lowest BCUT2D eigenvalue weighted by Gasteiger charge is -2.08. The maximum absolute atomic E-state index is 12.4. The van der Waals surface area contributed by atoms with Crippen molar-refractivity contribution in [1.29, 1.82) is 0 Å². The van der Waals surface area contributed by atoms with E-state index in [9.17, 15) is 9.59 Å². The van der Waals surface area contributed by atoms with Crippen LogP contribution in [0.15, 0.2) is 71.5 Å². The molecule has 1 amide bonds. The molecule has 3 rings (SSSR count). The van der Waals surface area contributed by atoms with Crippen molar-refractivity contribution in [3.63, 3.8) is 0 Å². The Morgan fingerprint density at radius 3 is 2.58 bits per heavy atom. The molecular weight excluding hydrogens is 302 g/mol. The number of carbonyl (C=O) groups is 1. The van der Waals surface area contributed by atoms with Crippen LogP contribution in [0.5, 0.6) is 0 Å². The van der Waals surface area contributed by atoms with Crippen molar-refractivity contribution in [3.05, 3.63) is 88.3 Å². The Morgan fingerprint density at radius 2 is 1.83 bits per heavy atom. The molecule has 0 atom stereocenters. The fourth-order valence-corrected chi connectivity index (χ4v) is 2.35. The highest BCUT2D eigenvalue weighted by molar-refractivity contribution is 6.02. The zero-order chi connectivity index (χ0) is 16.9. The van der Waals surface area contributed by atoms with Gasteiger partial charge in [0.25, 0.3) is 11.5 Å². The lowest BCUT2D eigenvalue weighted by Crippen LogP contribution is -2.24. The van der Waals surface area contributed by atoms with E-state index in [2.05, 4.69) is 17.3 Å². The van der Waals surface area contributed by atoms with Gasteiger partial charge in [0.05, 0.1) is 5.69 Å². The summed E-state index contributed by atoms with van der Waals surface area (Å²) in [6.07, 6.45) is 0.890. The van der Waals surface area contributed by atoms with E-state index in [1.165, 1.54) is 16.8 Å². The lowest BCUT2D eigenvalue weighted by molar-refractivity contribution is 0.102. The maximum atomic E-state index is 12.4. The Morgan fingerprint density at radius 1 is 1.04 bits per heavy atom. The van der Waals surface area contributed by atoms with Crippen LogP contribution in [0.3, 0.4) is 0 Å². The summed E-state index contributed by atoms with van der Waals surface area (Å²) in [4.78, 5) is 24.4. The molecule has 0 bridgehead atoms. The number of amides is 1. The monoisotopic (exact) mass is 319 g/mol. The average Bonchev–Trinajstić information content (AvgIpc) is 2.63. The van der Waals surface area contributed by atoms with Crippen molar-refractivity contribution in [2.75, 3.05) is 5.32 Å². The van der Waals surface area contributed by atoms with Gasteiger partial charge in [0, 0.05) is 11.8 Å². The van der Waals surface area contributed by atoms with Crippen molar-refractivity contribution in [1.82, 2.24) is 9.78 Å². The van der Waals surface area contributed by atoms with Gasteiger partial charge in [0.2, 0.25) is 0 Å². The van der Waals surface area contributed by atoms with Crippen molar-refractivity contribution >= 4 is 11.6 Å². The third kappa shape index (κ3) is 3.41. The minimum absolute atomic E-state index is 0.181. The number of nitrogens with one attached hydrogen (secondary N) is 1. The molecule has 0 fully saturated rings. The molecule has 1 heterocycles. The van der Waals surface area contributed by atoms with Gasteiger partial charge in [-0.1, -0.05) is 37.3 Å². The van der Waals surface area contributed by atoms with Gasteiger partial charge >= 0.3 is 0 Å². The molecule has 24 heavy (non-hydrogen) atoms. The lowest BCUT2D eigenvalue weighted by atomic mass is 10.1. The number of nitrogens with zero attached hydrogens (tertiary/aromatic N) is 2. The highest BCUT2D eigenvalue weighted by atomic mass is 16.2. The fraction of sp³-hybridized carbons (Fsp3) is 0.105. The van der Waals surface area contributed by atoms with E-state index in [-0.39, 0.29) is 17.2 Å². The molecule has 1 aromatic heterocycles. The quantitative estimate of drug-likeness (QED) is 0.804. The van der Waals surface area contributed by atoms with Crippen LogP contribution in [0.2, 0.25) is 0 Å². The molecule has 0 aliphatic carbocycles. The molecule has 0 spiro atoms. The minimum Gasteiger partial charge on any atom is -0.321 e. The Hall–Kier alpha value is -3.21. The molecule has 0 saturated carbocycles. The molecule has 0 radical (unpaired) electrons. The van der Waals surface area contributed by atoms with Crippen molar-refractivity contribution < 1.29 is 4.79 Å². The average molecular weight is 319 g/mol. The van der Waals surface area contributed by atoms with Crippen LogP contribution < -0.4 is 10.9 Å². The molecule has 3 aromatic rings. The van der Waals surface area contributed by atoms with Crippen LogP contribution in [0.25, 0.3) is 5.69 Å². The second kappa shape index (κ2) is 6.91. The first-order valence-electron chi connectivity index (χ1n) is 7.73. The van der Waals surface area contributed by atoms with Gasteiger partial charge in [-0.2, -0.15) is 9.78 Å². The number of anilines is 1. The summed E-state index contributed by atoms with van der Waals surface area (Å²) in [6.45, 7) is 2.05. The molecule has 0 aliphatic rings. The Balaban J connectivity index is 1.89. The molecule has 0 saturated heterocycles. The number of aromatic nitrogens is 2. The third-order valence-corrected chi connectivity index (χ3v) is 3.63. The number of hydrogen-bond donors (Lipinski definition) is 1. The molecule has 120 valence electrons. The van der Waals surface area contributed by atoms with Crippen LogP contribution in [-0.4, -0.2) is 15.7 Å². The predicted octanol–water partition coefficient (Wildman–Crippen LogP) is 3.05. The number of benzene rings is 2. The first-order valence-corrected chi connectivity index (χ1v) is 7.73. The zero-order valence-corrected chi connectivity index (χ0v) is 13.3. The van der Waals surface area contributed by atoms with Crippen molar-refractivity contribution in [2.45, 2.75) is 13.3 Å². The van der Waals surface area contributed by atoms with Gasteiger partial charge in [-0.3, -0.25) is 9.59 Å². The van der Waals surface area contributed by atoms with E-state index in [1.54, 1.807) is 12.1 Å². The minimum atomic E-state index is -0.354. The molecule has 5 heteroatoms. The van der Waals surface area contributed by atoms with E-state index < -0.39 is 0 Å². The number of para-hydroxylation sites is 1. The molecule has 1 N–H and O–H groups in total. The number of carbonyl (C=O) groups excluding carboxylic acids is 1. The largest absolute Gasteiger partial charge is 0.321 e. The maximum Gasteiger partial charge on any atom is 0.276 e. The summed E-state index contributed by atoms with van der Waals surface area (Å²) in [5.74, 6) is -0.354. The highest BCUT2D eigenvalue weighted by Gasteiger charge is 2.11. The van der Waals surface area contributed by atoms with E-state index in [0.29, 0.717) is 11.4 Å². The summed E-state index contributed by atoms with van der Waals surface area (Å²) in [5, 5.41) is 6.99. The van der Waals surface area contributed by atoms with Crippen LogP contribution in [0.1, 0.15) is 23.0 Å². The fourth-order valence-electron chi connectivity index (χ4n) is 2.35. The van der Waals surface area contributed by atoms with Crippen molar-refractivity contribution in [2.24, 2.45) is 0 Å². The molecule has 2 aromatic carbocycles. The summed E-state index contributed by atoms with van der Waals surface area (Å²) in [6, 6.07) is 19.4. The first kappa shape index (κ1) is 15.7. The summed E-state index contributed by atoms with van der Waals surface area (Å²) < 4.78 is 1.22. The van der Waals surface area contributed by atoms with E-state index in [1.807, 2.05) is 42.5 Å². The highest BCUT2D eigenvalue weighted by Crippen LogP contribution is 2.12. The van der Waals surface area contributed by atoms with Crippen molar-refractivity contribution in [3.8, 4) is 5.69 Å². The van der Waals surface area contributed by atoms with Gasteiger partial charge < -0.3 is 5.32 Å². The Kier molecular flexibility index (Phi) is 4.52. The van der Waals surface area contributed by atoms with Gasteiger partial charge in [-0.05, 0) is 42.3 Å². The van der Waals surface area contributed by atoms with Crippen LogP contribution >= 0.6 is 0 Å². The second-order valence-electron chi connectivity index (χ2n) is 5.31. The summed E-state index contributed by atoms with van der Waals surface area (Å²) in [5.41, 5.74) is 2.35. The zero-order valence-electron chi connectivity index (χ0n) is 13.3. The molecule has 5 nitrogen and oxygen atoms in total. The van der Waals surface area contributed by atoms with Gasteiger partial charge in [-0.25, -0.2) is 0 Å². The number of hydrogen-bond acceptors (Lipinski definition) is 3. The summed E-state index contributed by atoms with van der Waals surface area (Å²) >= 11 is 0. The topological polar surface area (TPSA) is 64.0 Å². The predicted molar refractivity (Wildman–Crippen MR) is 93.6 cm³/mol. The molecule has 0 unspecified atom stereocenters. The van der Waals surface area contributed by atoms with Gasteiger partial charge in [-0.15, -0.1) is 0 Å². The van der Waals surface area contributed by atoms with E-state index in [4.69, 9.17) is 0 Å². The van der Waals surface area contributed by atoms with Crippen LogP contribution in [0, 0.1) is 0 Å².